The molecule has 2 aromatic rings. The molecule has 0 radical (unpaired) electrons. The summed E-state index contributed by atoms with van der Waals surface area (Å²) in [5, 5.41) is 2.42. The number of alkyl halides is 3. The van der Waals surface area contributed by atoms with Crippen LogP contribution in [0.2, 0.25) is 0 Å². The lowest BCUT2D eigenvalue weighted by Gasteiger charge is -2.12. The predicted molar refractivity (Wildman–Crippen MR) is 84.9 cm³/mol. The summed E-state index contributed by atoms with van der Waals surface area (Å²) < 4.78 is 43.4. The van der Waals surface area contributed by atoms with Crippen molar-refractivity contribution in [1.29, 1.82) is 0 Å². The average molecular weight is 402 g/mol. The molecular weight excluding hydrogens is 391 g/mol. The molecule has 126 valence electrons. The van der Waals surface area contributed by atoms with E-state index in [1.54, 1.807) is 6.07 Å². The van der Waals surface area contributed by atoms with Crippen molar-refractivity contribution in [1.82, 2.24) is 0 Å². The van der Waals surface area contributed by atoms with E-state index in [2.05, 4.69) is 26.0 Å². The van der Waals surface area contributed by atoms with E-state index in [4.69, 9.17) is 0 Å². The summed E-state index contributed by atoms with van der Waals surface area (Å²) in [5.74, 6) is -1.45. The van der Waals surface area contributed by atoms with Crippen LogP contribution in [0.4, 0.5) is 18.9 Å². The number of anilines is 1. The smallest absolute Gasteiger partial charge is 0.416 e. The molecule has 0 aromatic heterocycles. The lowest BCUT2D eigenvalue weighted by molar-refractivity contribution is -0.137. The second kappa shape index (κ2) is 7.04. The number of hydrogen-bond donors (Lipinski definition) is 1. The minimum Gasteiger partial charge on any atom is -0.465 e. The van der Waals surface area contributed by atoms with Crippen molar-refractivity contribution >= 4 is 33.5 Å². The molecule has 0 saturated heterocycles. The van der Waals surface area contributed by atoms with E-state index in [0.717, 1.165) is 18.2 Å². The first-order valence-electron chi connectivity index (χ1n) is 6.59. The Hall–Kier alpha value is -2.35. The van der Waals surface area contributed by atoms with Crippen LogP contribution in [0, 0.1) is 0 Å². The second-order valence-corrected chi connectivity index (χ2v) is 5.63. The van der Waals surface area contributed by atoms with Crippen LogP contribution in [0.1, 0.15) is 26.3 Å². The molecule has 24 heavy (non-hydrogen) atoms. The molecule has 0 aliphatic rings. The van der Waals surface area contributed by atoms with Gasteiger partial charge in [-0.05, 0) is 36.4 Å². The van der Waals surface area contributed by atoms with Gasteiger partial charge in [-0.1, -0.05) is 22.0 Å². The summed E-state index contributed by atoms with van der Waals surface area (Å²) in [5.41, 5.74) is -0.901. The van der Waals surface area contributed by atoms with Crippen LogP contribution < -0.4 is 5.32 Å². The lowest BCUT2D eigenvalue weighted by atomic mass is 10.1. The van der Waals surface area contributed by atoms with Crippen molar-refractivity contribution < 1.29 is 27.5 Å². The molecule has 0 heterocycles. The summed E-state index contributed by atoms with van der Waals surface area (Å²) in [4.78, 5) is 23.9. The van der Waals surface area contributed by atoms with E-state index in [1.165, 1.54) is 25.3 Å². The second-order valence-electron chi connectivity index (χ2n) is 4.71. The number of halogens is 4. The Bertz CT molecular complexity index is 790. The number of amides is 1. The number of benzene rings is 2. The van der Waals surface area contributed by atoms with E-state index in [9.17, 15) is 22.8 Å². The fourth-order valence-electron chi connectivity index (χ4n) is 1.94. The molecule has 0 atom stereocenters. The van der Waals surface area contributed by atoms with Gasteiger partial charge in [0.15, 0.2) is 0 Å². The molecule has 1 N–H and O–H groups in total. The highest BCUT2D eigenvalue weighted by Crippen LogP contribution is 2.30. The van der Waals surface area contributed by atoms with E-state index in [-0.39, 0.29) is 16.8 Å². The third kappa shape index (κ3) is 4.14. The van der Waals surface area contributed by atoms with E-state index < -0.39 is 23.6 Å². The van der Waals surface area contributed by atoms with Crippen LogP contribution in [-0.2, 0) is 10.9 Å². The van der Waals surface area contributed by atoms with Gasteiger partial charge in [-0.25, -0.2) is 4.79 Å². The number of rotatable bonds is 3. The van der Waals surface area contributed by atoms with Gasteiger partial charge in [0, 0.05) is 10.0 Å². The molecule has 8 heteroatoms. The van der Waals surface area contributed by atoms with Crippen LogP contribution in [0.25, 0.3) is 0 Å². The molecule has 0 bridgehead atoms. The quantitative estimate of drug-likeness (QED) is 0.769. The molecule has 0 spiro atoms. The number of esters is 1. The molecular formula is C16H11BrF3NO3. The maximum atomic E-state index is 12.7. The minimum absolute atomic E-state index is 0.0761. The van der Waals surface area contributed by atoms with Crippen molar-refractivity contribution in [3.63, 3.8) is 0 Å². The van der Waals surface area contributed by atoms with Gasteiger partial charge in [0.2, 0.25) is 0 Å². The zero-order valence-corrected chi connectivity index (χ0v) is 13.9. The molecule has 2 aromatic carbocycles. The normalized spacial score (nSPS) is 11.0. The monoisotopic (exact) mass is 401 g/mol. The molecule has 0 aliphatic carbocycles. The number of hydrogen-bond acceptors (Lipinski definition) is 3. The zero-order chi connectivity index (χ0) is 17.9. The highest BCUT2D eigenvalue weighted by molar-refractivity contribution is 9.10. The van der Waals surface area contributed by atoms with E-state index in [1.807, 2.05) is 0 Å². The molecule has 0 unspecified atom stereocenters. The van der Waals surface area contributed by atoms with Gasteiger partial charge in [-0.2, -0.15) is 13.2 Å². The van der Waals surface area contributed by atoms with Gasteiger partial charge in [0.25, 0.3) is 5.91 Å². The Labute approximate surface area is 143 Å². The first-order valence-corrected chi connectivity index (χ1v) is 7.38. The van der Waals surface area contributed by atoms with Crippen LogP contribution >= 0.6 is 15.9 Å². The molecule has 0 saturated carbocycles. The van der Waals surface area contributed by atoms with Crippen molar-refractivity contribution in [2.45, 2.75) is 6.18 Å². The molecule has 2 rings (SSSR count). The highest BCUT2D eigenvalue weighted by atomic mass is 79.9. The first-order chi connectivity index (χ1) is 11.2. The van der Waals surface area contributed by atoms with Gasteiger partial charge in [-0.3, -0.25) is 4.79 Å². The van der Waals surface area contributed by atoms with E-state index in [0.29, 0.717) is 4.47 Å². The van der Waals surface area contributed by atoms with Gasteiger partial charge in [0.1, 0.15) is 0 Å². The largest absolute Gasteiger partial charge is 0.465 e. The Morgan fingerprint density at radius 2 is 1.83 bits per heavy atom. The number of carbonyl (C=O) groups excluding carboxylic acids is 2. The zero-order valence-electron chi connectivity index (χ0n) is 12.3. The number of nitrogens with one attached hydrogen (secondary N) is 1. The van der Waals surface area contributed by atoms with Gasteiger partial charge < -0.3 is 10.1 Å². The van der Waals surface area contributed by atoms with E-state index >= 15 is 0 Å². The Kier molecular flexibility index (Phi) is 5.28. The van der Waals surface area contributed by atoms with Crippen molar-refractivity contribution in [2.24, 2.45) is 0 Å². The van der Waals surface area contributed by atoms with Crippen LogP contribution in [0.5, 0.6) is 0 Å². The SMILES string of the molecule is COC(=O)c1cc(Br)ccc1NC(=O)c1cccc(C(F)(F)F)c1. The summed E-state index contributed by atoms with van der Waals surface area (Å²) in [7, 11) is 1.18. The van der Waals surface area contributed by atoms with Gasteiger partial charge in [-0.15, -0.1) is 0 Å². The molecule has 0 aliphatic heterocycles. The number of ether oxygens (including phenoxy) is 1. The Morgan fingerprint density at radius 3 is 2.46 bits per heavy atom. The maximum absolute atomic E-state index is 12.7. The third-order valence-electron chi connectivity index (χ3n) is 3.09. The maximum Gasteiger partial charge on any atom is 0.416 e. The van der Waals surface area contributed by atoms with Gasteiger partial charge in [0.05, 0.1) is 23.9 Å². The number of methoxy groups -OCH3 is 1. The van der Waals surface area contributed by atoms with Crippen molar-refractivity contribution in [2.75, 3.05) is 12.4 Å². The first kappa shape index (κ1) is 18.0. The van der Waals surface area contributed by atoms with Crippen LogP contribution in [0.3, 0.4) is 0 Å². The summed E-state index contributed by atoms with van der Waals surface area (Å²) in [6.45, 7) is 0. The summed E-state index contributed by atoms with van der Waals surface area (Å²) in [6.07, 6.45) is -4.55. The third-order valence-corrected chi connectivity index (χ3v) is 3.58. The van der Waals surface area contributed by atoms with Crippen LogP contribution in [-0.4, -0.2) is 19.0 Å². The lowest BCUT2D eigenvalue weighted by Crippen LogP contribution is -2.16. The highest BCUT2D eigenvalue weighted by Gasteiger charge is 2.31. The fourth-order valence-corrected chi connectivity index (χ4v) is 2.30. The molecule has 1 amide bonds. The average Bonchev–Trinajstić information content (AvgIpc) is 2.55. The summed E-state index contributed by atoms with van der Waals surface area (Å²) >= 11 is 3.19. The molecule has 0 fully saturated rings. The van der Waals surface area contributed by atoms with Crippen LogP contribution in [0.15, 0.2) is 46.9 Å². The topological polar surface area (TPSA) is 55.4 Å². The standard InChI is InChI=1S/C16H11BrF3NO3/c1-24-15(23)12-8-11(17)5-6-13(12)21-14(22)9-3-2-4-10(7-9)16(18,19)20/h2-8H,1H3,(H,21,22). The number of carbonyl (C=O) groups is 2. The van der Waals surface area contributed by atoms with Gasteiger partial charge >= 0.3 is 12.1 Å². The van der Waals surface area contributed by atoms with Crippen molar-refractivity contribution in [3.8, 4) is 0 Å². The Balaban J connectivity index is 2.32. The predicted octanol–water partition coefficient (Wildman–Crippen LogP) is 4.51. The fraction of sp³-hybridized carbons (Fsp3) is 0.125. The Morgan fingerprint density at radius 1 is 1.12 bits per heavy atom. The summed E-state index contributed by atoms with van der Waals surface area (Å²) in [6, 6.07) is 8.47. The van der Waals surface area contributed by atoms with Crippen molar-refractivity contribution in [3.05, 3.63) is 63.6 Å². The minimum atomic E-state index is -4.55. The molecule has 4 nitrogen and oxygen atoms in total.